The zero-order valence-electron chi connectivity index (χ0n) is 10.8. The molecule has 0 aliphatic rings. The highest BCUT2D eigenvalue weighted by Gasteiger charge is 2.27. The third-order valence-corrected chi connectivity index (χ3v) is 2.41. The lowest BCUT2D eigenvalue weighted by Crippen LogP contribution is -2.33. The molecule has 0 unspecified atom stereocenters. The second-order valence-corrected chi connectivity index (χ2v) is 4.10. The van der Waals surface area contributed by atoms with Gasteiger partial charge in [0.25, 0.3) is 5.91 Å². The van der Waals surface area contributed by atoms with Gasteiger partial charge in [-0.05, 0) is 24.6 Å². The largest absolute Gasteiger partial charge is 0.405 e. The first kappa shape index (κ1) is 16.1. The van der Waals surface area contributed by atoms with Crippen LogP contribution in [0.25, 0.3) is 0 Å². The Morgan fingerprint density at radius 2 is 2.10 bits per heavy atom. The fraction of sp³-hybridized carbons (Fsp3) is 0.357. The van der Waals surface area contributed by atoms with E-state index in [1.807, 2.05) is 0 Å². The molecular formula is C14H14F3NO2. The molecular weight excluding hydrogens is 271 g/mol. The van der Waals surface area contributed by atoms with E-state index in [-0.39, 0.29) is 12.2 Å². The molecule has 0 aliphatic heterocycles. The third-order valence-electron chi connectivity index (χ3n) is 2.41. The fourth-order valence-electron chi connectivity index (χ4n) is 1.39. The number of benzene rings is 1. The molecule has 6 heteroatoms. The van der Waals surface area contributed by atoms with Crippen molar-refractivity contribution >= 4 is 5.91 Å². The Hall–Kier alpha value is -2.00. The molecule has 20 heavy (non-hydrogen) atoms. The zero-order valence-corrected chi connectivity index (χ0v) is 10.8. The summed E-state index contributed by atoms with van der Waals surface area (Å²) in [6.45, 7) is 0.337. The second kappa shape index (κ2) is 6.96. The Bertz CT molecular complexity index is 542. The summed E-state index contributed by atoms with van der Waals surface area (Å²) in [7, 11) is 0. The van der Waals surface area contributed by atoms with Gasteiger partial charge in [0.05, 0.1) is 6.61 Å². The molecule has 1 rings (SSSR count). The average Bonchev–Trinajstić information content (AvgIpc) is 2.37. The first-order valence-corrected chi connectivity index (χ1v) is 5.89. The number of carbonyl (C=O) groups is 1. The van der Waals surface area contributed by atoms with Crippen molar-refractivity contribution < 1.29 is 23.1 Å². The first-order valence-electron chi connectivity index (χ1n) is 5.89. The number of carbonyl (C=O) groups excluding carboxylic acids is 1. The van der Waals surface area contributed by atoms with Crippen molar-refractivity contribution in [3.8, 4) is 11.8 Å². The number of alkyl halides is 3. The van der Waals surface area contributed by atoms with Crippen LogP contribution in [0.4, 0.5) is 13.2 Å². The number of hydrogen-bond acceptors (Lipinski definition) is 2. The van der Waals surface area contributed by atoms with Crippen LogP contribution in [0.3, 0.4) is 0 Å². The van der Waals surface area contributed by atoms with Crippen molar-refractivity contribution in [3.05, 3.63) is 34.9 Å². The van der Waals surface area contributed by atoms with Crippen molar-refractivity contribution in [2.24, 2.45) is 0 Å². The third kappa shape index (κ3) is 5.33. The van der Waals surface area contributed by atoms with E-state index in [2.05, 4.69) is 11.8 Å². The Morgan fingerprint density at radius 1 is 1.40 bits per heavy atom. The van der Waals surface area contributed by atoms with Crippen LogP contribution in [-0.2, 0) is 0 Å². The minimum Gasteiger partial charge on any atom is -0.395 e. The van der Waals surface area contributed by atoms with Gasteiger partial charge >= 0.3 is 6.18 Å². The Kier molecular flexibility index (Phi) is 5.59. The summed E-state index contributed by atoms with van der Waals surface area (Å²) >= 11 is 0. The van der Waals surface area contributed by atoms with E-state index in [0.717, 1.165) is 5.56 Å². The number of rotatable bonds is 3. The van der Waals surface area contributed by atoms with E-state index in [9.17, 15) is 18.0 Å². The van der Waals surface area contributed by atoms with Gasteiger partial charge in [0.15, 0.2) is 0 Å². The molecule has 0 aliphatic carbocycles. The predicted molar refractivity (Wildman–Crippen MR) is 68.1 cm³/mol. The Morgan fingerprint density at radius 3 is 2.70 bits per heavy atom. The number of nitrogens with one attached hydrogen (secondary N) is 1. The van der Waals surface area contributed by atoms with Gasteiger partial charge in [0, 0.05) is 17.5 Å². The van der Waals surface area contributed by atoms with Crippen molar-refractivity contribution in [3.63, 3.8) is 0 Å². The number of amides is 1. The molecule has 1 aromatic carbocycles. The summed E-state index contributed by atoms with van der Waals surface area (Å²) in [6.07, 6.45) is -4.14. The average molecular weight is 285 g/mol. The minimum atomic E-state index is -4.44. The highest BCUT2D eigenvalue weighted by Crippen LogP contribution is 2.14. The number of halogens is 3. The van der Waals surface area contributed by atoms with Crippen LogP contribution in [0.1, 0.15) is 27.9 Å². The van der Waals surface area contributed by atoms with E-state index in [1.165, 1.54) is 12.1 Å². The lowest BCUT2D eigenvalue weighted by atomic mass is 10.0. The summed E-state index contributed by atoms with van der Waals surface area (Å²) in [5.74, 6) is 4.67. The lowest BCUT2D eigenvalue weighted by molar-refractivity contribution is -0.123. The molecule has 3 nitrogen and oxygen atoms in total. The maximum atomic E-state index is 12.0. The molecule has 0 radical (unpaired) electrons. The maximum absolute atomic E-state index is 12.0. The van der Waals surface area contributed by atoms with Gasteiger partial charge in [-0.25, -0.2) is 0 Å². The van der Waals surface area contributed by atoms with Gasteiger partial charge in [0.2, 0.25) is 0 Å². The smallest absolute Gasteiger partial charge is 0.395 e. The number of aryl methyl sites for hydroxylation is 1. The van der Waals surface area contributed by atoms with Crippen LogP contribution < -0.4 is 5.32 Å². The standard InChI is InChI=1S/C14H14F3NO2/c1-10-5-6-12(8-11(10)4-2-3-7-19)13(20)18-9-14(15,16)17/h5-6,8,19H,3,7,9H2,1H3,(H,18,20). The van der Waals surface area contributed by atoms with E-state index in [0.29, 0.717) is 12.0 Å². The molecule has 2 N–H and O–H groups in total. The molecule has 0 aromatic heterocycles. The highest BCUT2D eigenvalue weighted by molar-refractivity contribution is 5.94. The molecule has 1 amide bonds. The topological polar surface area (TPSA) is 49.3 Å². The summed E-state index contributed by atoms with van der Waals surface area (Å²) in [5.41, 5.74) is 1.48. The summed E-state index contributed by atoms with van der Waals surface area (Å²) in [6, 6.07) is 4.50. The second-order valence-electron chi connectivity index (χ2n) is 4.10. The Balaban J connectivity index is 2.84. The lowest BCUT2D eigenvalue weighted by Gasteiger charge is -2.09. The predicted octanol–water partition coefficient (Wildman–Crippen LogP) is 2.02. The van der Waals surface area contributed by atoms with E-state index in [1.54, 1.807) is 18.3 Å². The van der Waals surface area contributed by atoms with Gasteiger partial charge in [-0.1, -0.05) is 17.9 Å². The van der Waals surface area contributed by atoms with Crippen LogP contribution >= 0.6 is 0 Å². The highest BCUT2D eigenvalue weighted by atomic mass is 19.4. The minimum absolute atomic E-state index is 0.0716. The van der Waals surface area contributed by atoms with Gasteiger partial charge in [0.1, 0.15) is 6.54 Å². The fourth-order valence-corrected chi connectivity index (χ4v) is 1.39. The monoisotopic (exact) mass is 285 g/mol. The molecule has 0 bridgehead atoms. The summed E-state index contributed by atoms with van der Waals surface area (Å²) in [4.78, 5) is 11.6. The normalized spacial score (nSPS) is 10.7. The SMILES string of the molecule is Cc1ccc(C(=O)NCC(F)(F)F)cc1C#CCCO. The Labute approximate surface area is 114 Å². The van der Waals surface area contributed by atoms with E-state index < -0.39 is 18.6 Å². The molecule has 0 atom stereocenters. The molecule has 1 aromatic rings. The molecule has 0 fully saturated rings. The van der Waals surface area contributed by atoms with Gasteiger partial charge < -0.3 is 10.4 Å². The van der Waals surface area contributed by atoms with Crippen LogP contribution in [0.15, 0.2) is 18.2 Å². The van der Waals surface area contributed by atoms with Crippen LogP contribution in [0.2, 0.25) is 0 Å². The van der Waals surface area contributed by atoms with Crippen molar-refractivity contribution in [2.45, 2.75) is 19.5 Å². The number of aliphatic hydroxyl groups excluding tert-OH is 1. The van der Waals surface area contributed by atoms with Crippen LogP contribution in [0, 0.1) is 18.8 Å². The van der Waals surface area contributed by atoms with E-state index in [4.69, 9.17) is 5.11 Å². The van der Waals surface area contributed by atoms with Crippen molar-refractivity contribution in [2.75, 3.05) is 13.2 Å². The summed E-state index contributed by atoms with van der Waals surface area (Å²) < 4.78 is 36.1. The van der Waals surface area contributed by atoms with Gasteiger partial charge in [-0.15, -0.1) is 0 Å². The quantitative estimate of drug-likeness (QED) is 0.835. The zero-order chi connectivity index (χ0) is 15.2. The van der Waals surface area contributed by atoms with Crippen molar-refractivity contribution in [1.82, 2.24) is 5.32 Å². The first-order chi connectivity index (χ1) is 9.33. The van der Waals surface area contributed by atoms with Gasteiger partial charge in [-0.2, -0.15) is 13.2 Å². The molecule has 0 saturated heterocycles. The van der Waals surface area contributed by atoms with Crippen LogP contribution in [-0.4, -0.2) is 30.3 Å². The number of hydrogen-bond donors (Lipinski definition) is 2. The van der Waals surface area contributed by atoms with Crippen LogP contribution in [0.5, 0.6) is 0 Å². The molecule has 108 valence electrons. The number of aliphatic hydroxyl groups is 1. The molecule has 0 heterocycles. The van der Waals surface area contributed by atoms with Crippen molar-refractivity contribution in [1.29, 1.82) is 0 Å². The van der Waals surface area contributed by atoms with E-state index >= 15 is 0 Å². The molecule has 0 spiro atoms. The maximum Gasteiger partial charge on any atom is 0.405 e. The summed E-state index contributed by atoms with van der Waals surface area (Å²) in [5, 5.41) is 10.4. The molecule has 0 saturated carbocycles. The van der Waals surface area contributed by atoms with Gasteiger partial charge in [-0.3, -0.25) is 4.79 Å².